The highest BCUT2D eigenvalue weighted by molar-refractivity contribution is 6.00. The summed E-state index contributed by atoms with van der Waals surface area (Å²) < 4.78 is 0. The minimum atomic E-state index is -0.0520. The summed E-state index contributed by atoms with van der Waals surface area (Å²) in [5, 5.41) is 6.20. The van der Waals surface area contributed by atoms with Gasteiger partial charge in [0.15, 0.2) is 0 Å². The molecule has 7 nitrogen and oxygen atoms in total. The molecule has 3 aromatic rings. The van der Waals surface area contributed by atoms with Gasteiger partial charge in [0.05, 0.1) is 17.8 Å². The number of rotatable bonds is 6. The molecule has 1 aliphatic rings. The van der Waals surface area contributed by atoms with Crippen LogP contribution in [0.3, 0.4) is 0 Å². The van der Waals surface area contributed by atoms with Gasteiger partial charge in [-0.15, -0.1) is 0 Å². The minimum Gasteiger partial charge on any atom is -0.325 e. The van der Waals surface area contributed by atoms with Crippen molar-refractivity contribution in [1.82, 2.24) is 19.9 Å². The zero-order valence-corrected chi connectivity index (χ0v) is 16.6. The molecule has 0 atom stereocenters. The molecule has 1 aromatic carbocycles. The Bertz CT molecular complexity index is 1020. The van der Waals surface area contributed by atoms with Gasteiger partial charge in [0.2, 0.25) is 11.9 Å². The molecule has 7 heteroatoms. The fourth-order valence-corrected chi connectivity index (χ4v) is 3.41. The lowest BCUT2D eigenvalue weighted by Crippen LogP contribution is -2.13. The summed E-state index contributed by atoms with van der Waals surface area (Å²) in [6.45, 7) is 1.03. The predicted octanol–water partition coefficient (Wildman–Crippen LogP) is 3.27. The first-order valence-electron chi connectivity index (χ1n) is 9.69. The molecule has 0 saturated carbocycles. The number of fused-ring (bicyclic) bond motifs is 3. The number of amides is 1. The van der Waals surface area contributed by atoms with Crippen LogP contribution in [-0.2, 0) is 17.6 Å². The molecule has 0 radical (unpaired) electrons. The maximum Gasteiger partial charge on any atom is 0.228 e. The summed E-state index contributed by atoms with van der Waals surface area (Å²) in [6.07, 6.45) is 7.47. The molecule has 0 saturated heterocycles. The summed E-state index contributed by atoms with van der Waals surface area (Å²) in [4.78, 5) is 27.7. The zero-order chi connectivity index (χ0) is 20.2. The van der Waals surface area contributed by atoms with Gasteiger partial charge in [0, 0.05) is 35.4 Å². The lowest BCUT2D eigenvalue weighted by atomic mass is 10.0. The van der Waals surface area contributed by atoms with E-state index in [2.05, 4.69) is 51.7 Å². The van der Waals surface area contributed by atoms with Crippen LogP contribution in [0.1, 0.15) is 17.5 Å². The van der Waals surface area contributed by atoms with E-state index in [0.29, 0.717) is 5.95 Å². The second-order valence-electron chi connectivity index (χ2n) is 7.44. The van der Waals surface area contributed by atoms with Crippen molar-refractivity contribution in [2.75, 3.05) is 31.3 Å². The maximum absolute atomic E-state index is 12.3. The van der Waals surface area contributed by atoms with Crippen molar-refractivity contribution in [2.24, 2.45) is 0 Å². The molecule has 4 rings (SSSR count). The molecule has 1 aliphatic heterocycles. The highest BCUT2D eigenvalue weighted by Gasteiger charge is 2.21. The van der Waals surface area contributed by atoms with Gasteiger partial charge in [0.25, 0.3) is 0 Å². The number of benzene rings is 1. The third-order valence-electron chi connectivity index (χ3n) is 4.84. The molecule has 2 N–H and O–H groups in total. The SMILES string of the molecule is CN(C)CCCc1ccc2c(c1)-c1nc(Nc3ccncc3)ncc1CC(=O)N2. The highest BCUT2D eigenvalue weighted by atomic mass is 16.1. The molecule has 0 aliphatic carbocycles. The van der Waals surface area contributed by atoms with E-state index in [0.717, 1.165) is 47.6 Å². The number of carbonyl (C=O) groups is 1. The second-order valence-corrected chi connectivity index (χ2v) is 7.44. The van der Waals surface area contributed by atoms with Crippen LogP contribution in [0.5, 0.6) is 0 Å². The number of pyridine rings is 1. The van der Waals surface area contributed by atoms with Gasteiger partial charge in [-0.1, -0.05) is 6.07 Å². The lowest BCUT2D eigenvalue weighted by molar-refractivity contribution is -0.115. The van der Waals surface area contributed by atoms with Crippen molar-refractivity contribution in [3.05, 3.63) is 60.0 Å². The van der Waals surface area contributed by atoms with Gasteiger partial charge in [-0.05, 0) is 63.3 Å². The quantitative estimate of drug-likeness (QED) is 0.674. The Hall–Kier alpha value is -3.32. The van der Waals surface area contributed by atoms with Crippen LogP contribution >= 0.6 is 0 Å². The summed E-state index contributed by atoms with van der Waals surface area (Å²) in [5.41, 5.74) is 5.44. The third kappa shape index (κ3) is 4.57. The van der Waals surface area contributed by atoms with E-state index in [1.54, 1.807) is 18.6 Å². The highest BCUT2D eigenvalue weighted by Crippen LogP contribution is 2.34. The first kappa shape index (κ1) is 19.0. The van der Waals surface area contributed by atoms with Crippen molar-refractivity contribution < 1.29 is 4.79 Å². The van der Waals surface area contributed by atoms with Crippen LogP contribution in [0.2, 0.25) is 0 Å². The van der Waals surface area contributed by atoms with Crippen molar-refractivity contribution in [3.63, 3.8) is 0 Å². The van der Waals surface area contributed by atoms with E-state index >= 15 is 0 Å². The number of aryl methyl sites for hydroxylation is 1. The molecule has 0 spiro atoms. The zero-order valence-electron chi connectivity index (χ0n) is 16.6. The standard InChI is InChI=1S/C22H24N6O/c1-28(2)11-3-4-15-5-6-19-18(12-15)21-16(13-20(29)26-19)14-24-22(27-21)25-17-7-9-23-10-8-17/h5-10,12,14H,3-4,11,13H2,1-2H3,(H,26,29)(H,23,24,25,27). The number of hydrogen-bond acceptors (Lipinski definition) is 6. The topological polar surface area (TPSA) is 83.0 Å². The maximum atomic E-state index is 12.3. The average molecular weight is 388 g/mol. The summed E-state index contributed by atoms with van der Waals surface area (Å²) >= 11 is 0. The summed E-state index contributed by atoms with van der Waals surface area (Å²) in [5.74, 6) is 0.442. The van der Waals surface area contributed by atoms with Gasteiger partial charge >= 0.3 is 0 Å². The Morgan fingerprint density at radius 1 is 1.17 bits per heavy atom. The van der Waals surface area contributed by atoms with E-state index in [9.17, 15) is 4.79 Å². The minimum absolute atomic E-state index is 0.0520. The van der Waals surface area contributed by atoms with Crippen LogP contribution in [-0.4, -0.2) is 46.4 Å². The van der Waals surface area contributed by atoms with E-state index in [1.807, 2.05) is 18.2 Å². The van der Waals surface area contributed by atoms with Crippen LogP contribution in [0.25, 0.3) is 11.3 Å². The molecule has 148 valence electrons. The van der Waals surface area contributed by atoms with Crippen LogP contribution in [0.4, 0.5) is 17.3 Å². The van der Waals surface area contributed by atoms with E-state index in [-0.39, 0.29) is 12.3 Å². The Balaban J connectivity index is 1.68. The Kier molecular flexibility index (Phi) is 5.48. The molecule has 29 heavy (non-hydrogen) atoms. The fourth-order valence-electron chi connectivity index (χ4n) is 3.41. The number of nitrogens with one attached hydrogen (secondary N) is 2. The smallest absolute Gasteiger partial charge is 0.228 e. The van der Waals surface area contributed by atoms with Crippen molar-refractivity contribution >= 4 is 23.2 Å². The molecule has 3 heterocycles. The predicted molar refractivity (Wildman–Crippen MR) is 114 cm³/mol. The Labute approximate surface area is 170 Å². The average Bonchev–Trinajstić information content (AvgIpc) is 2.84. The second kappa shape index (κ2) is 8.36. The van der Waals surface area contributed by atoms with Crippen molar-refractivity contribution in [3.8, 4) is 11.3 Å². The monoisotopic (exact) mass is 388 g/mol. The lowest BCUT2D eigenvalue weighted by Gasteiger charge is -2.13. The molecule has 0 bridgehead atoms. The molecular weight excluding hydrogens is 364 g/mol. The van der Waals surface area contributed by atoms with E-state index in [4.69, 9.17) is 4.98 Å². The molecule has 0 fully saturated rings. The summed E-state index contributed by atoms with van der Waals surface area (Å²) in [6, 6.07) is 9.91. The number of aromatic nitrogens is 3. The van der Waals surface area contributed by atoms with Crippen molar-refractivity contribution in [2.45, 2.75) is 19.3 Å². The number of nitrogens with zero attached hydrogens (tertiary/aromatic N) is 4. The fraction of sp³-hybridized carbons (Fsp3) is 0.273. The number of hydrogen-bond donors (Lipinski definition) is 2. The Morgan fingerprint density at radius 2 is 2.00 bits per heavy atom. The van der Waals surface area contributed by atoms with Gasteiger partial charge in [0.1, 0.15) is 0 Å². The van der Waals surface area contributed by atoms with Crippen LogP contribution < -0.4 is 10.6 Å². The van der Waals surface area contributed by atoms with Gasteiger partial charge in [-0.25, -0.2) is 9.97 Å². The first-order chi connectivity index (χ1) is 14.1. The van der Waals surface area contributed by atoms with Gasteiger partial charge < -0.3 is 15.5 Å². The number of anilines is 3. The van der Waals surface area contributed by atoms with Gasteiger partial charge in [-0.2, -0.15) is 0 Å². The Morgan fingerprint density at radius 3 is 2.79 bits per heavy atom. The normalized spacial score (nSPS) is 12.7. The number of carbonyl (C=O) groups excluding carboxylic acids is 1. The molecule has 0 unspecified atom stereocenters. The van der Waals surface area contributed by atoms with Gasteiger partial charge in [-0.3, -0.25) is 9.78 Å². The third-order valence-corrected chi connectivity index (χ3v) is 4.84. The summed E-state index contributed by atoms with van der Waals surface area (Å²) in [7, 11) is 4.16. The largest absolute Gasteiger partial charge is 0.325 e. The molecular formula is C22H24N6O. The van der Waals surface area contributed by atoms with Crippen LogP contribution in [0, 0.1) is 0 Å². The first-order valence-corrected chi connectivity index (χ1v) is 9.69. The van der Waals surface area contributed by atoms with Crippen molar-refractivity contribution in [1.29, 1.82) is 0 Å². The van der Waals surface area contributed by atoms with Crippen LogP contribution in [0.15, 0.2) is 48.9 Å². The molecule has 2 aromatic heterocycles. The van der Waals surface area contributed by atoms with E-state index < -0.39 is 0 Å². The van der Waals surface area contributed by atoms with E-state index in [1.165, 1.54) is 5.56 Å². The molecule has 1 amide bonds.